The fourth-order valence-corrected chi connectivity index (χ4v) is 2.56. The van der Waals surface area contributed by atoms with Crippen LogP contribution >= 0.6 is 28.1 Å². The maximum atomic E-state index is 9.81. The van der Waals surface area contributed by atoms with E-state index >= 15 is 0 Å². The zero-order chi connectivity index (χ0) is 16.4. The second kappa shape index (κ2) is 6.35. The molecule has 0 fully saturated rings. The Balaban J connectivity index is 2.04. The number of hydrogen-bond acceptors (Lipinski definition) is 5. The summed E-state index contributed by atoms with van der Waals surface area (Å²) in [5, 5.41) is 30.4. The van der Waals surface area contributed by atoms with Gasteiger partial charge in [0, 0.05) is 15.6 Å². The predicted molar refractivity (Wildman–Crippen MR) is 93.3 cm³/mol. The highest BCUT2D eigenvalue weighted by atomic mass is 79.9. The van der Waals surface area contributed by atoms with Crippen LogP contribution < -0.4 is 0 Å². The van der Waals surface area contributed by atoms with Crippen molar-refractivity contribution in [3.05, 3.63) is 57.3 Å². The van der Waals surface area contributed by atoms with Gasteiger partial charge in [-0.25, -0.2) is 5.10 Å². The Bertz CT molecular complexity index is 949. The number of halogens is 1. The molecule has 0 spiro atoms. The van der Waals surface area contributed by atoms with Crippen molar-refractivity contribution >= 4 is 34.4 Å². The number of benzene rings is 2. The van der Waals surface area contributed by atoms with Crippen molar-refractivity contribution in [2.24, 2.45) is 5.10 Å². The second-order valence-electron chi connectivity index (χ2n) is 4.63. The van der Waals surface area contributed by atoms with Gasteiger partial charge in [0.15, 0.2) is 17.3 Å². The first kappa shape index (κ1) is 15.4. The van der Waals surface area contributed by atoms with Gasteiger partial charge in [-0.15, -0.1) is 0 Å². The average Bonchev–Trinajstić information content (AvgIpc) is 2.90. The maximum absolute atomic E-state index is 9.81. The summed E-state index contributed by atoms with van der Waals surface area (Å²) in [6.07, 6.45) is 1.40. The van der Waals surface area contributed by atoms with E-state index in [0.29, 0.717) is 16.2 Å². The third kappa shape index (κ3) is 3.17. The van der Waals surface area contributed by atoms with Gasteiger partial charge in [0.1, 0.15) is 0 Å². The fourth-order valence-electron chi connectivity index (χ4n) is 1.99. The summed E-state index contributed by atoms with van der Waals surface area (Å²) in [5.41, 5.74) is 1.19. The zero-order valence-corrected chi connectivity index (χ0v) is 14.0. The van der Waals surface area contributed by atoms with Gasteiger partial charge in [0.2, 0.25) is 4.77 Å². The van der Waals surface area contributed by atoms with E-state index in [-0.39, 0.29) is 11.5 Å². The van der Waals surface area contributed by atoms with Gasteiger partial charge in [-0.3, -0.25) is 0 Å². The molecule has 1 aromatic heterocycles. The van der Waals surface area contributed by atoms with E-state index in [2.05, 4.69) is 31.2 Å². The Hall–Kier alpha value is -2.45. The van der Waals surface area contributed by atoms with Crippen LogP contribution in [0, 0.1) is 4.77 Å². The summed E-state index contributed by atoms with van der Waals surface area (Å²) in [7, 11) is 0. The fraction of sp³-hybridized carbons (Fsp3) is 0. The third-order valence-corrected chi connectivity index (χ3v) is 3.85. The molecule has 0 unspecified atom stereocenters. The molecule has 0 radical (unpaired) electrons. The molecule has 0 aliphatic rings. The summed E-state index contributed by atoms with van der Waals surface area (Å²) < 4.78 is 2.67. The SMILES string of the molecule is Oc1cccc(/C=N/n2c(-c3cccc(Br)c3)n[nH]c2=S)c1O. The number of aromatic nitrogens is 3. The number of aromatic hydroxyl groups is 2. The smallest absolute Gasteiger partial charge is 0.216 e. The Morgan fingerprint density at radius 3 is 2.78 bits per heavy atom. The molecule has 3 N–H and O–H groups in total. The Labute approximate surface area is 144 Å². The predicted octanol–water partition coefficient (Wildman–Crippen LogP) is 3.66. The zero-order valence-electron chi connectivity index (χ0n) is 11.6. The van der Waals surface area contributed by atoms with Gasteiger partial charge in [-0.1, -0.05) is 34.1 Å². The van der Waals surface area contributed by atoms with Gasteiger partial charge in [0.05, 0.1) is 6.21 Å². The topological polar surface area (TPSA) is 86.4 Å². The van der Waals surface area contributed by atoms with Crippen molar-refractivity contribution in [2.45, 2.75) is 0 Å². The quantitative estimate of drug-likeness (QED) is 0.361. The van der Waals surface area contributed by atoms with Gasteiger partial charge in [-0.05, 0) is 36.5 Å². The first-order valence-corrected chi connectivity index (χ1v) is 7.75. The molecule has 3 rings (SSSR count). The van der Waals surface area contributed by atoms with E-state index in [1.807, 2.05) is 24.3 Å². The third-order valence-electron chi connectivity index (χ3n) is 3.09. The molecule has 0 atom stereocenters. The standard InChI is InChI=1S/C15H11BrN4O2S/c16-11-5-1-3-9(7-11)14-18-19-15(23)20(14)17-8-10-4-2-6-12(21)13(10)22/h1-8,21-22H,(H,19,23)/b17-8+. The lowest BCUT2D eigenvalue weighted by molar-refractivity contribution is 0.403. The minimum atomic E-state index is -0.240. The molecule has 6 nitrogen and oxygen atoms in total. The van der Waals surface area contributed by atoms with E-state index in [1.165, 1.54) is 17.0 Å². The number of phenolic OH excluding ortho intramolecular Hbond substituents is 2. The first-order valence-electron chi connectivity index (χ1n) is 6.55. The van der Waals surface area contributed by atoms with Crippen LogP contribution in [0.5, 0.6) is 11.5 Å². The van der Waals surface area contributed by atoms with E-state index in [1.54, 1.807) is 12.1 Å². The number of para-hydroxylation sites is 1. The van der Waals surface area contributed by atoms with Crippen LogP contribution in [0.4, 0.5) is 0 Å². The van der Waals surface area contributed by atoms with E-state index in [4.69, 9.17) is 12.2 Å². The summed E-state index contributed by atoms with van der Waals surface area (Å²) in [4.78, 5) is 0. The minimum absolute atomic E-state index is 0.211. The molecule has 23 heavy (non-hydrogen) atoms. The molecule has 0 amide bonds. The lowest BCUT2D eigenvalue weighted by atomic mass is 10.2. The number of nitrogens with one attached hydrogen (secondary N) is 1. The molecule has 0 saturated heterocycles. The summed E-state index contributed by atoms with van der Waals surface area (Å²) >= 11 is 8.60. The van der Waals surface area contributed by atoms with Crippen LogP contribution in [0.2, 0.25) is 0 Å². The molecule has 0 bridgehead atoms. The lowest BCUT2D eigenvalue weighted by Gasteiger charge is -2.03. The highest BCUT2D eigenvalue weighted by Gasteiger charge is 2.09. The Morgan fingerprint density at radius 2 is 2.00 bits per heavy atom. The average molecular weight is 391 g/mol. The van der Waals surface area contributed by atoms with Gasteiger partial charge >= 0.3 is 0 Å². The van der Waals surface area contributed by atoms with Crippen LogP contribution in [0.1, 0.15) is 5.56 Å². The van der Waals surface area contributed by atoms with Crippen LogP contribution in [0.25, 0.3) is 11.4 Å². The minimum Gasteiger partial charge on any atom is -0.504 e. The summed E-state index contributed by atoms with van der Waals surface area (Å²) in [6.45, 7) is 0. The molecular formula is C15H11BrN4O2S. The molecule has 116 valence electrons. The lowest BCUT2D eigenvalue weighted by Crippen LogP contribution is -1.95. The van der Waals surface area contributed by atoms with Gasteiger partial charge in [0.25, 0.3) is 0 Å². The molecule has 2 aromatic carbocycles. The number of aromatic amines is 1. The Kier molecular flexibility index (Phi) is 4.26. The molecule has 0 aliphatic heterocycles. The van der Waals surface area contributed by atoms with Crippen molar-refractivity contribution in [1.82, 2.24) is 14.9 Å². The first-order chi connectivity index (χ1) is 11.1. The normalized spacial score (nSPS) is 11.2. The van der Waals surface area contributed by atoms with Crippen LogP contribution in [0.15, 0.2) is 52.0 Å². The number of hydrogen-bond donors (Lipinski definition) is 3. The number of nitrogens with zero attached hydrogens (tertiary/aromatic N) is 3. The molecule has 0 aliphatic carbocycles. The molecule has 0 saturated carbocycles. The van der Waals surface area contributed by atoms with Crippen molar-refractivity contribution in [3.63, 3.8) is 0 Å². The molecular weight excluding hydrogens is 380 g/mol. The molecule has 8 heteroatoms. The van der Waals surface area contributed by atoms with Crippen molar-refractivity contribution in [3.8, 4) is 22.9 Å². The van der Waals surface area contributed by atoms with Gasteiger partial charge in [-0.2, -0.15) is 14.9 Å². The summed E-state index contributed by atoms with van der Waals surface area (Å²) in [6, 6.07) is 12.2. The largest absolute Gasteiger partial charge is 0.504 e. The monoisotopic (exact) mass is 390 g/mol. The Morgan fingerprint density at radius 1 is 1.22 bits per heavy atom. The number of H-pyrrole nitrogens is 1. The molecule has 1 heterocycles. The highest BCUT2D eigenvalue weighted by Crippen LogP contribution is 2.27. The van der Waals surface area contributed by atoms with Crippen LogP contribution in [0.3, 0.4) is 0 Å². The van der Waals surface area contributed by atoms with E-state index in [0.717, 1.165) is 10.0 Å². The van der Waals surface area contributed by atoms with E-state index in [9.17, 15) is 10.2 Å². The van der Waals surface area contributed by atoms with Crippen molar-refractivity contribution < 1.29 is 10.2 Å². The summed E-state index contributed by atoms with van der Waals surface area (Å²) in [5.74, 6) is 0.0828. The van der Waals surface area contributed by atoms with E-state index < -0.39 is 0 Å². The second-order valence-corrected chi connectivity index (χ2v) is 5.94. The highest BCUT2D eigenvalue weighted by molar-refractivity contribution is 9.10. The van der Waals surface area contributed by atoms with Crippen molar-refractivity contribution in [2.75, 3.05) is 0 Å². The number of phenols is 2. The van der Waals surface area contributed by atoms with Crippen LogP contribution in [-0.4, -0.2) is 31.3 Å². The maximum Gasteiger partial charge on any atom is 0.216 e. The van der Waals surface area contributed by atoms with Gasteiger partial charge < -0.3 is 10.2 Å². The van der Waals surface area contributed by atoms with Crippen LogP contribution in [-0.2, 0) is 0 Å². The number of rotatable bonds is 3. The van der Waals surface area contributed by atoms with Crippen molar-refractivity contribution in [1.29, 1.82) is 0 Å². The molecule has 3 aromatic rings.